The standard InChI is InChI=1S/C20H27N7O2/c1-14(2)25(3)12-18-22-23-24-27(18)13-19(28)26-10-8-15(9-11-26)20-21-16-6-4-5-7-17(16)29-20/h4-7,14-15H,8-13H2,1-3H3. The summed E-state index contributed by atoms with van der Waals surface area (Å²) in [6.45, 7) is 6.37. The number of amides is 1. The van der Waals surface area contributed by atoms with Crippen molar-refractivity contribution in [2.45, 2.75) is 51.7 Å². The molecule has 0 radical (unpaired) electrons. The van der Waals surface area contributed by atoms with E-state index < -0.39 is 0 Å². The molecule has 0 N–H and O–H groups in total. The molecule has 0 aliphatic carbocycles. The van der Waals surface area contributed by atoms with Crippen LogP contribution in [0.1, 0.15) is 44.3 Å². The number of hydrogen-bond acceptors (Lipinski definition) is 7. The van der Waals surface area contributed by atoms with Crippen molar-refractivity contribution in [3.05, 3.63) is 36.0 Å². The Morgan fingerprint density at radius 2 is 2.03 bits per heavy atom. The fraction of sp³-hybridized carbons (Fsp3) is 0.550. The van der Waals surface area contributed by atoms with Gasteiger partial charge in [0.1, 0.15) is 12.1 Å². The van der Waals surface area contributed by atoms with Crippen LogP contribution in [0.4, 0.5) is 0 Å². The number of carbonyl (C=O) groups excluding carboxylic acids is 1. The molecule has 1 fully saturated rings. The van der Waals surface area contributed by atoms with Crippen molar-refractivity contribution >= 4 is 17.0 Å². The van der Waals surface area contributed by atoms with E-state index in [1.165, 1.54) is 0 Å². The van der Waals surface area contributed by atoms with Crippen LogP contribution in [0.25, 0.3) is 11.1 Å². The van der Waals surface area contributed by atoms with Gasteiger partial charge in [-0.1, -0.05) is 12.1 Å². The van der Waals surface area contributed by atoms with Crippen LogP contribution in [-0.2, 0) is 17.9 Å². The van der Waals surface area contributed by atoms with E-state index in [1.54, 1.807) is 4.68 Å². The lowest BCUT2D eigenvalue weighted by molar-refractivity contribution is -0.133. The molecular formula is C20H27N7O2. The molecule has 1 aliphatic heterocycles. The summed E-state index contributed by atoms with van der Waals surface area (Å²) >= 11 is 0. The van der Waals surface area contributed by atoms with Gasteiger partial charge < -0.3 is 9.32 Å². The van der Waals surface area contributed by atoms with Gasteiger partial charge in [-0.25, -0.2) is 9.67 Å². The minimum Gasteiger partial charge on any atom is -0.440 e. The Bertz CT molecular complexity index is 939. The summed E-state index contributed by atoms with van der Waals surface area (Å²) in [6, 6.07) is 8.18. The largest absolute Gasteiger partial charge is 0.440 e. The summed E-state index contributed by atoms with van der Waals surface area (Å²) in [7, 11) is 2.02. The zero-order valence-electron chi connectivity index (χ0n) is 17.2. The van der Waals surface area contributed by atoms with E-state index in [-0.39, 0.29) is 18.4 Å². The molecule has 1 amide bonds. The smallest absolute Gasteiger partial charge is 0.244 e. The zero-order chi connectivity index (χ0) is 20.4. The van der Waals surface area contributed by atoms with Gasteiger partial charge in [-0.15, -0.1) is 5.10 Å². The van der Waals surface area contributed by atoms with E-state index in [4.69, 9.17) is 4.42 Å². The van der Waals surface area contributed by atoms with Crippen LogP contribution < -0.4 is 0 Å². The molecule has 3 heterocycles. The second-order valence-corrected chi connectivity index (χ2v) is 7.94. The highest BCUT2D eigenvalue weighted by molar-refractivity contribution is 5.76. The van der Waals surface area contributed by atoms with Crippen LogP contribution in [0.5, 0.6) is 0 Å². The number of fused-ring (bicyclic) bond motifs is 1. The van der Waals surface area contributed by atoms with E-state index >= 15 is 0 Å². The van der Waals surface area contributed by atoms with Crippen molar-refractivity contribution < 1.29 is 9.21 Å². The lowest BCUT2D eigenvalue weighted by atomic mass is 9.97. The average Bonchev–Trinajstić information content (AvgIpc) is 3.34. The molecule has 154 valence electrons. The normalized spacial score (nSPS) is 15.7. The molecule has 9 heteroatoms. The third-order valence-electron chi connectivity index (χ3n) is 5.67. The highest BCUT2D eigenvalue weighted by Gasteiger charge is 2.27. The van der Waals surface area contributed by atoms with Crippen molar-refractivity contribution in [3.63, 3.8) is 0 Å². The number of likely N-dealkylation sites (tertiary alicyclic amines) is 1. The van der Waals surface area contributed by atoms with Crippen molar-refractivity contribution in [3.8, 4) is 0 Å². The SMILES string of the molecule is CC(C)N(C)Cc1nnnn1CC(=O)N1CCC(c2nc3ccccc3o2)CC1. The minimum atomic E-state index is 0.0433. The van der Waals surface area contributed by atoms with E-state index in [1.807, 2.05) is 36.2 Å². The molecule has 1 aromatic carbocycles. The van der Waals surface area contributed by atoms with Crippen molar-refractivity contribution in [1.82, 2.24) is 35.0 Å². The first-order valence-electron chi connectivity index (χ1n) is 10.1. The zero-order valence-corrected chi connectivity index (χ0v) is 17.2. The fourth-order valence-corrected chi connectivity index (χ4v) is 3.53. The third kappa shape index (κ3) is 4.29. The van der Waals surface area contributed by atoms with Gasteiger partial charge in [-0.05, 0) is 56.3 Å². The summed E-state index contributed by atoms with van der Waals surface area (Å²) in [4.78, 5) is 21.4. The number of oxazole rings is 1. The Morgan fingerprint density at radius 1 is 1.28 bits per heavy atom. The van der Waals surface area contributed by atoms with E-state index in [9.17, 15) is 4.79 Å². The van der Waals surface area contributed by atoms with Crippen LogP contribution in [0.15, 0.2) is 28.7 Å². The number of rotatable bonds is 6. The Hall–Kier alpha value is -2.81. The molecule has 1 aliphatic rings. The molecule has 0 unspecified atom stereocenters. The second kappa shape index (κ2) is 8.28. The number of nitrogens with zero attached hydrogens (tertiary/aromatic N) is 7. The van der Waals surface area contributed by atoms with Crippen LogP contribution in [0.2, 0.25) is 0 Å². The van der Waals surface area contributed by atoms with Crippen molar-refractivity contribution in [2.24, 2.45) is 0 Å². The van der Waals surface area contributed by atoms with Gasteiger partial charge in [0.25, 0.3) is 0 Å². The quantitative estimate of drug-likeness (QED) is 0.628. The first-order chi connectivity index (χ1) is 14.0. The van der Waals surface area contributed by atoms with Gasteiger partial charge >= 0.3 is 0 Å². The van der Waals surface area contributed by atoms with Crippen molar-refractivity contribution in [1.29, 1.82) is 0 Å². The Morgan fingerprint density at radius 3 is 2.76 bits per heavy atom. The molecule has 1 saturated heterocycles. The lowest BCUT2D eigenvalue weighted by Gasteiger charge is -2.30. The van der Waals surface area contributed by atoms with Crippen LogP contribution in [0.3, 0.4) is 0 Å². The molecule has 0 saturated carbocycles. The number of piperidine rings is 1. The average molecular weight is 397 g/mol. The summed E-state index contributed by atoms with van der Waals surface area (Å²) in [5, 5.41) is 11.8. The molecule has 4 rings (SSSR count). The first-order valence-corrected chi connectivity index (χ1v) is 10.1. The second-order valence-electron chi connectivity index (χ2n) is 7.94. The number of tetrazole rings is 1. The molecule has 0 spiro atoms. The van der Waals surface area contributed by atoms with Crippen LogP contribution in [-0.4, -0.2) is 67.1 Å². The maximum Gasteiger partial charge on any atom is 0.244 e. The van der Waals surface area contributed by atoms with E-state index in [2.05, 4.69) is 39.3 Å². The Kier molecular flexibility index (Phi) is 5.57. The maximum atomic E-state index is 12.8. The summed E-state index contributed by atoms with van der Waals surface area (Å²) in [5.74, 6) is 1.77. The lowest BCUT2D eigenvalue weighted by Crippen LogP contribution is -2.40. The van der Waals surface area contributed by atoms with E-state index in [0.29, 0.717) is 31.5 Å². The number of hydrogen-bond donors (Lipinski definition) is 0. The first kappa shape index (κ1) is 19.5. The van der Waals surface area contributed by atoms with Gasteiger partial charge in [-0.2, -0.15) is 0 Å². The molecule has 0 atom stereocenters. The van der Waals surface area contributed by atoms with E-state index in [0.717, 1.165) is 29.8 Å². The highest BCUT2D eigenvalue weighted by atomic mass is 16.3. The third-order valence-corrected chi connectivity index (χ3v) is 5.67. The molecule has 2 aromatic heterocycles. The number of carbonyl (C=O) groups is 1. The van der Waals surface area contributed by atoms with Gasteiger partial charge in [0.2, 0.25) is 5.91 Å². The predicted molar refractivity (Wildman–Crippen MR) is 107 cm³/mol. The monoisotopic (exact) mass is 397 g/mol. The number of benzene rings is 1. The Balaban J connectivity index is 1.34. The van der Waals surface area contributed by atoms with Gasteiger partial charge in [0, 0.05) is 25.0 Å². The Labute approximate surface area is 169 Å². The summed E-state index contributed by atoms with van der Waals surface area (Å²) in [6.07, 6.45) is 1.69. The molecular weight excluding hydrogens is 370 g/mol. The van der Waals surface area contributed by atoms with Gasteiger partial charge in [0.15, 0.2) is 17.3 Å². The van der Waals surface area contributed by atoms with Crippen LogP contribution in [0, 0.1) is 0 Å². The van der Waals surface area contributed by atoms with Gasteiger partial charge in [0.05, 0.1) is 6.54 Å². The van der Waals surface area contributed by atoms with Crippen LogP contribution >= 0.6 is 0 Å². The van der Waals surface area contributed by atoms with Crippen molar-refractivity contribution in [2.75, 3.05) is 20.1 Å². The topological polar surface area (TPSA) is 93.2 Å². The molecule has 0 bridgehead atoms. The highest BCUT2D eigenvalue weighted by Crippen LogP contribution is 2.30. The minimum absolute atomic E-state index is 0.0433. The molecule has 3 aromatic rings. The summed E-state index contributed by atoms with van der Waals surface area (Å²) in [5.41, 5.74) is 1.71. The fourth-order valence-electron chi connectivity index (χ4n) is 3.53. The maximum absolute atomic E-state index is 12.8. The molecule has 9 nitrogen and oxygen atoms in total. The molecule has 29 heavy (non-hydrogen) atoms. The predicted octanol–water partition coefficient (Wildman–Crippen LogP) is 2.06. The number of para-hydroxylation sites is 2. The van der Waals surface area contributed by atoms with Gasteiger partial charge in [-0.3, -0.25) is 9.69 Å². The number of aromatic nitrogens is 5. The summed E-state index contributed by atoms with van der Waals surface area (Å²) < 4.78 is 7.52.